The van der Waals surface area contributed by atoms with Crippen molar-refractivity contribution in [1.82, 2.24) is 0 Å². The van der Waals surface area contributed by atoms with Crippen LogP contribution in [0.2, 0.25) is 0 Å². The van der Waals surface area contributed by atoms with E-state index in [4.69, 9.17) is 28.4 Å². The van der Waals surface area contributed by atoms with E-state index in [1.165, 1.54) is 26.0 Å². The summed E-state index contributed by atoms with van der Waals surface area (Å²) < 4.78 is 58.4. The number of hydrogen-bond donors (Lipinski definition) is 8. The van der Waals surface area contributed by atoms with Crippen molar-refractivity contribution in [2.24, 2.45) is 37.9 Å². The zero-order chi connectivity index (χ0) is 53.3. The van der Waals surface area contributed by atoms with Crippen LogP contribution in [0.4, 0.5) is 0 Å². The Morgan fingerprint density at radius 1 is 0.420 bits per heavy atom. The number of rotatable bonds is 32. The molecule has 0 amide bonds. The number of carbonyl (C=O) groups is 7. The van der Waals surface area contributed by atoms with Gasteiger partial charge in [-0.25, -0.2) is 8.42 Å². The van der Waals surface area contributed by atoms with Gasteiger partial charge in [0.25, 0.3) is 0 Å². The Hall–Kier alpha value is -4.66. The summed E-state index contributed by atoms with van der Waals surface area (Å²) >= 11 is 0. The van der Waals surface area contributed by atoms with Gasteiger partial charge in [-0.1, -0.05) is 17.7 Å². The van der Waals surface area contributed by atoms with Crippen molar-refractivity contribution in [3.63, 3.8) is 0 Å². The Bertz CT molecular complexity index is 1850. The molecule has 2 unspecified atom stereocenters. The summed E-state index contributed by atoms with van der Waals surface area (Å²) in [4.78, 5) is 93.9. The SMILES string of the molecule is Cc1ccc(S(=O)(=O)CCOC(=O)C(C)(COC(=O)C(C)(CCC(=O)C(C)(CO)CO)COC(=O)C(C)(CO)CO)COC(=O)C(C)(COC(=O)C(C)(CO)CO)COC(=O)C(C)(CO)CO)cc1. The van der Waals surface area contributed by atoms with Gasteiger partial charge in [0.2, 0.25) is 0 Å². The van der Waals surface area contributed by atoms with Crippen LogP contribution in [-0.4, -0.2) is 189 Å². The van der Waals surface area contributed by atoms with E-state index in [0.29, 0.717) is 0 Å². The first-order valence-electron chi connectivity index (χ1n) is 21.6. The first kappa shape index (κ1) is 62.4. The highest BCUT2D eigenvalue weighted by atomic mass is 32.2. The van der Waals surface area contributed by atoms with Crippen LogP contribution in [0.25, 0.3) is 0 Å². The van der Waals surface area contributed by atoms with Crippen molar-refractivity contribution >= 4 is 51.4 Å². The predicted molar refractivity (Wildman–Crippen MR) is 237 cm³/mol. The molecule has 8 N–H and O–H groups in total. The minimum Gasteiger partial charge on any atom is -0.464 e. The van der Waals surface area contributed by atoms with Crippen LogP contribution in [0.1, 0.15) is 66.9 Å². The Labute approximate surface area is 400 Å². The first-order valence-corrected chi connectivity index (χ1v) is 23.3. The maximum Gasteiger partial charge on any atom is 0.318 e. The number of ketones is 1. The van der Waals surface area contributed by atoms with Gasteiger partial charge < -0.3 is 69.3 Å². The highest BCUT2D eigenvalue weighted by molar-refractivity contribution is 7.91. The molecule has 0 heterocycles. The number of carbonyl (C=O) groups excluding carboxylic acids is 7. The second kappa shape index (κ2) is 26.0. The van der Waals surface area contributed by atoms with Gasteiger partial charge in [-0.15, -0.1) is 0 Å². The molecule has 24 heteroatoms. The van der Waals surface area contributed by atoms with Crippen molar-refractivity contribution in [2.45, 2.75) is 73.1 Å². The molecule has 0 spiro atoms. The third-order valence-electron chi connectivity index (χ3n) is 11.9. The van der Waals surface area contributed by atoms with Gasteiger partial charge in [-0.2, -0.15) is 0 Å². The molecule has 0 bridgehead atoms. The number of benzene rings is 1. The summed E-state index contributed by atoms with van der Waals surface area (Å²) in [6, 6.07) is 5.77. The van der Waals surface area contributed by atoms with E-state index in [1.807, 2.05) is 0 Å². The Morgan fingerprint density at radius 3 is 1.01 bits per heavy atom. The lowest BCUT2D eigenvalue weighted by atomic mass is 9.79. The average Bonchev–Trinajstić information content (AvgIpc) is 3.35. The third-order valence-corrected chi connectivity index (χ3v) is 13.6. The Morgan fingerprint density at radius 2 is 0.696 bits per heavy atom. The summed E-state index contributed by atoms with van der Waals surface area (Å²) in [5.41, 5.74) is -12.9. The lowest BCUT2D eigenvalue weighted by Crippen LogP contribution is -2.48. The fourth-order valence-electron chi connectivity index (χ4n) is 5.28. The molecule has 1 aromatic rings. The molecule has 0 aliphatic heterocycles. The zero-order valence-corrected chi connectivity index (χ0v) is 41.3. The van der Waals surface area contributed by atoms with Gasteiger partial charge in [-0.3, -0.25) is 33.6 Å². The standard InChI is InChI=1S/C45H70O23S/c1-30-9-11-31(12-10-30)69(61,62)16-15-63-37(59)44(7,26-65-33(55)39(2,14-13-32(54)40(3,17-46)18-47)25-64-34(56)41(4,19-48)20-49)27-68-38(60)45(8,28-66-35(57)42(5,21-50)22-51)29-67-36(58)43(6,23-52)24-53/h9-12,46-53H,13-29H2,1-8H3. The van der Waals surface area contributed by atoms with Crippen LogP contribution >= 0.6 is 0 Å². The molecule has 0 aliphatic carbocycles. The number of Topliss-reactive ketones (excluding diaryl/α,β-unsaturated/α-hetero) is 1. The predicted octanol–water partition coefficient (Wildman–Crippen LogP) is -1.64. The zero-order valence-electron chi connectivity index (χ0n) is 40.4. The maximum atomic E-state index is 14.1. The van der Waals surface area contributed by atoms with E-state index in [9.17, 15) is 82.8 Å². The molecule has 69 heavy (non-hydrogen) atoms. The van der Waals surface area contributed by atoms with Crippen LogP contribution in [0, 0.1) is 44.8 Å². The highest BCUT2D eigenvalue weighted by Crippen LogP contribution is 2.33. The molecule has 0 aliphatic rings. The quantitative estimate of drug-likeness (QED) is 0.0296. The number of hydrogen-bond acceptors (Lipinski definition) is 23. The molecular weight excluding hydrogens is 941 g/mol. The monoisotopic (exact) mass is 1010 g/mol. The van der Waals surface area contributed by atoms with Crippen LogP contribution in [0.15, 0.2) is 29.2 Å². The number of ether oxygens (including phenoxy) is 6. The number of aliphatic hydroxyl groups is 8. The lowest BCUT2D eigenvalue weighted by molar-refractivity contribution is -0.183. The highest BCUT2D eigenvalue weighted by Gasteiger charge is 2.48. The fourth-order valence-corrected chi connectivity index (χ4v) is 6.37. The van der Waals surface area contributed by atoms with Gasteiger partial charge in [0.05, 0.1) is 74.3 Å². The lowest BCUT2D eigenvalue weighted by Gasteiger charge is -2.34. The fraction of sp³-hybridized carbons (Fsp3) is 0.711. The molecule has 0 aromatic heterocycles. The topological polar surface area (TPSA) is 371 Å². The van der Waals surface area contributed by atoms with Crippen molar-refractivity contribution in [2.75, 3.05) is 98.2 Å². The first-order chi connectivity index (χ1) is 31.9. The Balaban J connectivity index is 3.73. The van der Waals surface area contributed by atoms with Gasteiger partial charge in [0, 0.05) is 6.42 Å². The number of sulfone groups is 1. The van der Waals surface area contributed by atoms with Gasteiger partial charge in [-0.05, 0) is 73.9 Å². The number of aryl methyl sites for hydroxylation is 1. The molecule has 0 fully saturated rings. The van der Waals surface area contributed by atoms with Crippen molar-refractivity contribution in [3.05, 3.63) is 29.8 Å². The van der Waals surface area contributed by atoms with E-state index >= 15 is 0 Å². The van der Waals surface area contributed by atoms with Crippen LogP contribution in [0.5, 0.6) is 0 Å². The normalized spacial score (nSPS) is 14.4. The van der Waals surface area contributed by atoms with Crippen LogP contribution in [-0.2, 0) is 71.8 Å². The second-order valence-electron chi connectivity index (χ2n) is 19.3. The Kier molecular flexibility index (Phi) is 23.5. The molecular formula is C45H70O23S. The van der Waals surface area contributed by atoms with E-state index in [1.54, 1.807) is 19.1 Å². The van der Waals surface area contributed by atoms with E-state index in [0.717, 1.165) is 40.2 Å². The molecule has 1 rings (SSSR count). The van der Waals surface area contributed by atoms with Crippen molar-refractivity contribution in [3.8, 4) is 0 Å². The molecule has 394 valence electrons. The number of aliphatic hydroxyl groups excluding tert-OH is 8. The van der Waals surface area contributed by atoms with Crippen molar-refractivity contribution in [1.29, 1.82) is 0 Å². The molecule has 1 aromatic carbocycles. The van der Waals surface area contributed by atoms with E-state index in [-0.39, 0.29) is 4.90 Å². The maximum absolute atomic E-state index is 14.1. The van der Waals surface area contributed by atoms with Gasteiger partial charge in [0.1, 0.15) is 72.5 Å². The third kappa shape index (κ3) is 16.5. The van der Waals surface area contributed by atoms with Crippen LogP contribution < -0.4 is 0 Å². The van der Waals surface area contributed by atoms with Crippen molar-refractivity contribution < 1.29 is 111 Å². The minimum absolute atomic E-state index is 0.0953. The smallest absolute Gasteiger partial charge is 0.318 e. The molecule has 23 nitrogen and oxygen atoms in total. The second-order valence-corrected chi connectivity index (χ2v) is 21.4. The number of esters is 6. The summed E-state index contributed by atoms with van der Waals surface area (Å²) in [5, 5.41) is 77.9. The molecule has 0 saturated carbocycles. The van der Waals surface area contributed by atoms with E-state index < -0.39 is 200 Å². The van der Waals surface area contributed by atoms with Gasteiger partial charge in [0.15, 0.2) is 9.84 Å². The summed E-state index contributed by atoms with van der Waals surface area (Å²) in [6.07, 6.45) is -1.01. The summed E-state index contributed by atoms with van der Waals surface area (Å²) in [6.45, 7) is -2.85. The van der Waals surface area contributed by atoms with Gasteiger partial charge >= 0.3 is 35.8 Å². The molecule has 0 saturated heterocycles. The summed E-state index contributed by atoms with van der Waals surface area (Å²) in [5.74, 6) is -8.97. The van der Waals surface area contributed by atoms with E-state index in [2.05, 4.69) is 0 Å². The molecule has 0 radical (unpaired) electrons. The van der Waals surface area contributed by atoms with Crippen LogP contribution in [0.3, 0.4) is 0 Å². The average molecular weight is 1010 g/mol. The molecule has 2 atom stereocenters. The largest absolute Gasteiger partial charge is 0.464 e. The summed E-state index contributed by atoms with van der Waals surface area (Å²) in [7, 11) is -4.05. The minimum atomic E-state index is -4.05.